The molecule has 150 valence electrons. The van der Waals surface area contributed by atoms with Crippen LogP contribution < -0.4 is 0 Å². The second kappa shape index (κ2) is 11.5. The Morgan fingerprint density at radius 2 is 1.92 bits per heavy atom. The molecule has 5 nitrogen and oxygen atoms in total. The van der Waals surface area contributed by atoms with Crippen molar-refractivity contribution in [2.24, 2.45) is 11.8 Å². The summed E-state index contributed by atoms with van der Waals surface area (Å²) in [5.41, 5.74) is -0.736. The summed E-state index contributed by atoms with van der Waals surface area (Å²) in [5.74, 6) is -0.959. The van der Waals surface area contributed by atoms with Crippen molar-refractivity contribution >= 4 is 11.8 Å². The van der Waals surface area contributed by atoms with E-state index in [1.165, 1.54) is 0 Å². The van der Waals surface area contributed by atoms with E-state index in [2.05, 4.69) is 6.92 Å². The Bertz CT molecular complexity index is 469. The number of carboxylic acid groups (broad SMARTS) is 1. The highest BCUT2D eigenvalue weighted by atomic mass is 16.4. The molecule has 1 unspecified atom stereocenters. The van der Waals surface area contributed by atoms with Crippen LogP contribution in [0.1, 0.15) is 84.5 Å². The van der Waals surface area contributed by atoms with Crippen LogP contribution in [0.4, 0.5) is 0 Å². The minimum Gasteiger partial charge on any atom is -0.481 e. The number of aliphatic hydroxyl groups excluding tert-OH is 1. The monoisotopic (exact) mass is 368 g/mol. The molecule has 1 rings (SSSR count). The van der Waals surface area contributed by atoms with Crippen LogP contribution in [0.25, 0.3) is 0 Å². The first-order chi connectivity index (χ1) is 12.3. The molecule has 1 aliphatic carbocycles. The van der Waals surface area contributed by atoms with Gasteiger partial charge in [-0.2, -0.15) is 0 Å². The van der Waals surface area contributed by atoms with Crippen LogP contribution in [0.15, 0.2) is 12.2 Å². The van der Waals surface area contributed by atoms with Crippen molar-refractivity contribution < 1.29 is 24.9 Å². The number of hydrogen-bond acceptors (Lipinski definition) is 4. The van der Waals surface area contributed by atoms with Crippen molar-refractivity contribution in [3.63, 3.8) is 0 Å². The Kier molecular flexibility index (Phi) is 10.1. The summed E-state index contributed by atoms with van der Waals surface area (Å²) < 4.78 is 0. The molecular weight excluding hydrogens is 332 g/mol. The molecule has 5 heteroatoms. The van der Waals surface area contributed by atoms with Gasteiger partial charge in [-0.1, -0.05) is 51.2 Å². The number of Topliss-reactive ketones (excluding diaryl/α,β-unsaturated/α-hetero) is 1. The first-order valence-corrected chi connectivity index (χ1v) is 10.1. The summed E-state index contributed by atoms with van der Waals surface area (Å²) in [7, 11) is 0. The molecule has 0 aromatic carbocycles. The highest BCUT2D eigenvalue weighted by Crippen LogP contribution is 2.34. The van der Waals surface area contributed by atoms with Crippen LogP contribution in [-0.2, 0) is 9.59 Å². The lowest BCUT2D eigenvalue weighted by atomic mass is 9.87. The molecule has 0 aromatic heterocycles. The van der Waals surface area contributed by atoms with Gasteiger partial charge >= 0.3 is 5.97 Å². The summed E-state index contributed by atoms with van der Waals surface area (Å²) in [4.78, 5) is 22.7. The van der Waals surface area contributed by atoms with E-state index in [0.29, 0.717) is 12.8 Å². The van der Waals surface area contributed by atoms with Gasteiger partial charge in [0, 0.05) is 24.7 Å². The van der Waals surface area contributed by atoms with Crippen molar-refractivity contribution in [2.75, 3.05) is 0 Å². The molecule has 0 spiro atoms. The van der Waals surface area contributed by atoms with E-state index in [9.17, 15) is 19.8 Å². The van der Waals surface area contributed by atoms with Gasteiger partial charge in [0.2, 0.25) is 0 Å². The van der Waals surface area contributed by atoms with Crippen LogP contribution in [0.3, 0.4) is 0 Å². The minimum absolute atomic E-state index is 0.121. The Morgan fingerprint density at radius 3 is 2.58 bits per heavy atom. The standard InChI is InChI=1S/C21H36O5/c1-3-4-13-21(2,26)14-9-11-17-16(18(22)15-19(17)23)10-7-5-6-8-12-20(24)25/h9,11,16-17,19,23,26H,3-8,10,12-15H2,1-2H3,(H,24,25)/b11-9-/t16-,17-,19-,21?/m1/s1. The highest BCUT2D eigenvalue weighted by molar-refractivity contribution is 5.84. The van der Waals surface area contributed by atoms with Gasteiger partial charge in [0.1, 0.15) is 5.78 Å². The van der Waals surface area contributed by atoms with Gasteiger partial charge in [0.25, 0.3) is 0 Å². The number of carbonyl (C=O) groups is 2. The predicted octanol–water partition coefficient (Wildman–Crippen LogP) is 3.87. The number of aliphatic carboxylic acids is 1. The second-order valence-corrected chi connectivity index (χ2v) is 8.00. The molecule has 26 heavy (non-hydrogen) atoms. The van der Waals surface area contributed by atoms with Crippen molar-refractivity contribution in [1.82, 2.24) is 0 Å². The Morgan fingerprint density at radius 1 is 1.23 bits per heavy atom. The van der Waals surface area contributed by atoms with Gasteiger partial charge < -0.3 is 15.3 Å². The summed E-state index contributed by atoms with van der Waals surface area (Å²) in [6.45, 7) is 3.93. The lowest BCUT2D eigenvalue weighted by molar-refractivity contribution is -0.137. The van der Waals surface area contributed by atoms with Crippen LogP contribution in [0.5, 0.6) is 0 Å². The van der Waals surface area contributed by atoms with E-state index in [1.807, 2.05) is 19.1 Å². The van der Waals surface area contributed by atoms with Crippen LogP contribution >= 0.6 is 0 Å². The Labute approximate surface area is 157 Å². The fraction of sp³-hybridized carbons (Fsp3) is 0.810. The van der Waals surface area contributed by atoms with Crippen molar-refractivity contribution in [2.45, 2.75) is 96.2 Å². The molecule has 0 radical (unpaired) electrons. The van der Waals surface area contributed by atoms with Gasteiger partial charge in [-0.15, -0.1) is 0 Å². The zero-order valence-corrected chi connectivity index (χ0v) is 16.3. The Hall–Kier alpha value is -1.20. The zero-order chi connectivity index (χ0) is 19.6. The number of carboxylic acids is 1. The first kappa shape index (κ1) is 22.8. The van der Waals surface area contributed by atoms with Crippen LogP contribution in [-0.4, -0.2) is 38.8 Å². The van der Waals surface area contributed by atoms with E-state index >= 15 is 0 Å². The number of aliphatic hydroxyl groups is 2. The lowest BCUT2D eigenvalue weighted by Gasteiger charge is -2.22. The summed E-state index contributed by atoms with van der Waals surface area (Å²) in [5, 5.41) is 29.2. The van der Waals surface area contributed by atoms with E-state index in [0.717, 1.165) is 44.9 Å². The second-order valence-electron chi connectivity index (χ2n) is 8.00. The molecule has 0 aromatic rings. The molecule has 0 aliphatic heterocycles. The van der Waals surface area contributed by atoms with Gasteiger partial charge in [0.05, 0.1) is 11.7 Å². The molecule has 1 saturated carbocycles. The normalized spacial score (nSPS) is 25.7. The number of hydrogen-bond donors (Lipinski definition) is 3. The molecule has 1 fully saturated rings. The maximum Gasteiger partial charge on any atom is 0.303 e. The number of ketones is 1. The Balaban J connectivity index is 2.44. The molecule has 4 atom stereocenters. The van der Waals surface area contributed by atoms with Gasteiger partial charge in [-0.25, -0.2) is 0 Å². The highest BCUT2D eigenvalue weighted by Gasteiger charge is 2.39. The summed E-state index contributed by atoms with van der Waals surface area (Å²) >= 11 is 0. The van der Waals surface area contributed by atoms with Crippen molar-refractivity contribution in [1.29, 1.82) is 0 Å². The van der Waals surface area contributed by atoms with E-state index in [-0.39, 0.29) is 30.5 Å². The average Bonchev–Trinajstić information content (AvgIpc) is 2.82. The van der Waals surface area contributed by atoms with E-state index < -0.39 is 17.7 Å². The van der Waals surface area contributed by atoms with Gasteiger partial charge in [0.15, 0.2) is 0 Å². The topological polar surface area (TPSA) is 94.8 Å². The third-order valence-corrected chi connectivity index (χ3v) is 5.37. The molecule has 0 amide bonds. The van der Waals surface area contributed by atoms with Crippen molar-refractivity contribution in [3.8, 4) is 0 Å². The molecule has 1 aliphatic rings. The predicted molar refractivity (Wildman–Crippen MR) is 102 cm³/mol. The molecule has 3 N–H and O–H groups in total. The van der Waals surface area contributed by atoms with Crippen LogP contribution in [0.2, 0.25) is 0 Å². The SMILES string of the molecule is CCCCC(C)(O)C/C=C\[C@H]1[C@H](O)CC(=O)[C@@H]1CCCCCCC(=O)O. The quantitative estimate of drug-likeness (QED) is 0.339. The van der Waals surface area contributed by atoms with Gasteiger partial charge in [-0.3, -0.25) is 9.59 Å². The number of carbonyl (C=O) groups excluding carboxylic acids is 1. The number of unbranched alkanes of at least 4 members (excludes halogenated alkanes) is 4. The summed E-state index contributed by atoms with van der Waals surface area (Å²) in [6, 6.07) is 0. The smallest absolute Gasteiger partial charge is 0.303 e. The maximum atomic E-state index is 12.2. The first-order valence-electron chi connectivity index (χ1n) is 10.1. The zero-order valence-electron chi connectivity index (χ0n) is 16.3. The lowest BCUT2D eigenvalue weighted by Crippen LogP contribution is -2.23. The fourth-order valence-electron chi connectivity index (χ4n) is 3.72. The maximum absolute atomic E-state index is 12.2. The molecule has 0 bridgehead atoms. The molecule has 0 saturated heterocycles. The third kappa shape index (κ3) is 8.45. The largest absolute Gasteiger partial charge is 0.481 e. The van der Waals surface area contributed by atoms with E-state index in [1.54, 1.807) is 0 Å². The number of rotatable bonds is 13. The van der Waals surface area contributed by atoms with Crippen LogP contribution in [0, 0.1) is 11.8 Å². The molecular formula is C21H36O5. The molecule has 0 heterocycles. The third-order valence-electron chi connectivity index (χ3n) is 5.37. The van der Waals surface area contributed by atoms with Crippen molar-refractivity contribution in [3.05, 3.63) is 12.2 Å². The average molecular weight is 369 g/mol. The fourth-order valence-corrected chi connectivity index (χ4v) is 3.72. The summed E-state index contributed by atoms with van der Waals surface area (Å²) in [6.07, 6.45) is 11.0. The minimum atomic E-state index is -0.765. The van der Waals surface area contributed by atoms with Gasteiger partial charge in [-0.05, 0) is 32.6 Å². The van der Waals surface area contributed by atoms with E-state index in [4.69, 9.17) is 5.11 Å².